The summed E-state index contributed by atoms with van der Waals surface area (Å²) in [6.45, 7) is 6.80. The van der Waals surface area contributed by atoms with Gasteiger partial charge in [-0.25, -0.2) is 0 Å². The summed E-state index contributed by atoms with van der Waals surface area (Å²) in [5.41, 5.74) is 10.1. The monoisotopic (exact) mass is 289 g/mol. The average Bonchev–Trinajstić information content (AvgIpc) is 2.42. The van der Waals surface area contributed by atoms with Crippen LogP contribution in [0.2, 0.25) is 5.02 Å². The highest BCUT2D eigenvalue weighted by Gasteiger charge is 2.10. The molecule has 20 heavy (non-hydrogen) atoms. The Labute approximate surface area is 125 Å². The zero-order chi connectivity index (χ0) is 14.7. The van der Waals surface area contributed by atoms with Gasteiger partial charge in [0.25, 0.3) is 0 Å². The van der Waals surface area contributed by atoms with E-state index in [4.69, 9.17) is 22.1 Å². The largest absolute Gasteiger partial charge is 0.455 e. The lowest BCUT2D eigenvalue weighted by atomic mass is 10.1. The molecule has 0 aliphatic heterocycles. The second-order valence-electron chi connectivity index (χ2n) is 5.06. The molecule has 0 amide bonds. The average molecular weight is 290 g/mol. The standard InChI is InChI=1S/C17H20ClNO/c1-11-4-5-12(2)17(13(11)3)20-16-7-6-14(8-9-19)10-15(16)18/h4-7,10H,8-9,19H2,1-3H3. The minimum Gasteiger partial charge on any atom is -0.455 e. The molecule has 3 heteroatoms. The lowest BCUT2D eigenvalue weighted by Crippen LogP contribution is -2.02. The van der Waals surface area contributed by atoms with Gasteiger partial charge in [0.05, 0.1) is 5.02 Å². The number of benzene rings is 2. The fraction of sp³-hybridized carbons (Fsp3) is 0.294. The van der Waals surface area contributed by atoms with Crippen molar-refractivity contribution in [2.75, 3.05) is 6.54 Å². The Bertz CT molecular complexity index is 623. The molecule has 2 aromatic rings. The highest BCUT2D eigenvalue weighted by molar-refractivity contribution is 6.32. The van der Waals surface area contributed by atoms with E-state index >= 15 is 0 Å². The van der Waals surface area contributed by atoms with Crippen LogP contribution in [-0.4, -0.2) is 6.54 Å². The molecule has 2 rings (SSSR count). The SMILES string of the molecule is Cc1ccc(C)c(Oc2ccc(CCN)cc2Cl)c1C. The first-order chi connectivity index (χ1) is 9.52. The Morgan fingerprint density at radius 1 is 1.05 bits per heavy atom. The van der Waals surface area contributed by atoms with Gasteiger partial charge in [-0.3, -0.25) is 0 Å². The molecule has 0 fully saturated rings. The summed E-state index contributed by atoms with van der Waals surface area (Å²) >= 11 is 6.29. The molecule has 2 N–H and O–H groups in total. The minimum atomic E-state index is 0.618. The van der Waals surface area contributed by atoms with Gasteiger partial charge < -0.3 is 10.5 Å². The molecule has 0 aromatic heterocycles. The predicted octanol–water partition coefficient (Wildman–Crippen LogP) is 4.56. The zero-order valence-corrected chi connectivity index (χ0v) is 12.9. The first kappa shape index (κ1) is 14.9. The Morgan fingerprint density at radius 3 is 2.40 bits per heavy atom. The molecule has 0 aliphatic rings. The summed E-state index contributed by atoms with van der Waals surface area (Å²) in [7, 11) is 0. The first-order valence-electron chi connectivity index (χ1n) is 6.76. The van der Waals surface area contributed by atoms with Crippen LogP contribution >= 0.6 is 11.6 Å². The van der Waals surface area contributed by atoms with Crippen molar-refractivity contribution in [3.8, 4) is 11.5 Å². The van der Waals surface area contributed by atoms with E-state index in [9.17, 15) is 0 Å². The third kappa shape index (κ3) is 3.14. The fourth-order valence-corrected chi connectivity index (χ4v) is 2.38. The number of ether oxygens (including phenoxy) is 1. The van der Waals surface area contributed by atoms with Crippen molar-refractivity contribution >= 4 is 11.6 Å². The first-order valence-corrected chi connectivity index (χ1v) is 7.14. The summed E-state index contributed by atoms with van der Waals surface area (Å²) in [6, 6.07) is 10.0. The Balaban J connectivity index is 2.33. The zero-order valence-electron chi connectivity index (χ0n) is 12.2. The van der Waals surface area contributed by atoms with E-state index in [0.29, 0.717) is 17.3 Å². The molecular formula is C17H20ClNO. The van der Waals surface area contributed by atoms with E-state index in [1.165, 1.54) is 5.56 Å². The van der Waals surface area contributed by atoms with Crippen LogP contribution in [-0.2, 0) is 6.42 Å². The van der Waals surface area contributed by atoms with Gasteiger partial charge in [-0.2, -0.15) is 0 Å². The van der Waals surface area contributed by atoms with E-state index in [0.717, 1.165) is 28.9 Å². The number of nitrogens with two attached hydrogens (primary N) is 1. The van der Waals surface area contributed by atoms with Crippen molar-refractivity contribution in [3.05, 3.63) is 57.6 Å². The van der Waals surface area contributed by atoms with Gasteiger partial charge in [-0.05, 0) is 68.1 Å². The number of hydrogen-bond donors (Lipinski definition) is 1. The topological polar surface area (TPSA) is 35.2 Å². The third-order valence-electron chi connectivity index (χ3n) is 3.51. The molecule has 0 bridgehead atoms. The summed E-state index contributed by atoms with van der Waals surface area (Å²) in [5, 5.41) is 0.622. The molecule has 0 atom stereocenters. The smallest absolute Gasteiger partial charge is 0.146 e. The molecule has 2 aromatic carbocycles. The van der Waals surface area contributed by atoms with E-state index in [1.807, 2.05) is 25.1 Å². The van der Waals surface area contributed by atoms with Crippen LogP contribution in [0.3, 0.4) is 0 Å². The molecule has 2 nitrogen and oxygen atoms in total. The number of hydrogen-bond acceptors (Lipinski definition) is 2. The van der Waals surface area contributed by atoms with Gasteiger partial charge in [0.1, 0.15) is 11.5 Å². The van der Waals surface area contributed by atoms with Crippen molar-refractivity contribution in [3.63, 3.8) is 0 Å². The van der Waals surface area contributed by atoms with Gasteiger partial charge >= 0.3 is 0 Å². The van der Waals surface area contributed by atoms with Crippen molar-refractivity contribution < 1.29 is 4.74 Å². The molecule has 0 saturated carbocycles. The Kier molecular flexibility index (Phi) is 4.69. The van der Waals surface area contributed by atoms with Crippen LogP contribution in [0.1, 0.15) is 22.3 Å². The molecule has 106 valence electrons. The minimum absolute atomic E-state index is 0.618. The van der Waals surface area contributed by atoms with Gasteiger partial charge in [-0.1, -0.05) is 29.8 Å². The lowest BCUT2D eigenvalue weighted by molar-refractivity contribution is 0.474. The van der Waals surface area contributed by atoms with Crippen molar-refractivity contribution in [2.24, 2.45) is 5.73 Å². The van der Waals surface area contributed by atoms with Crippen molar-refractivity contribution in [1.82, 2.24) is 0 Å². The second-order valence-corrected chi connectivity index (χ2v) is 5.47. The van der Waals surface area contributed by atoms with E-state index in [-0.39, 0.29) is 0 Å². The molecule has 0 spiro atoms. The van der Waals surface area contributed by atoms with Gasteiger partial charge in [0, 0.05) is 0 Å². The Hall–Kier alpha value is -1.51. The van der Waals surface area contributed by atoms with E-state index < -0.39 is 0 Å². The fourth-order valence-electron chi connectivity index (χ4n) is 2.14. The molecule has 0 radical (unpaired) electrons. The second kappa shape index (κ2) is 6.29. The van der Waals surface area contributed by atoms with E-state index in [1.54, 1.807) is 0 Å². The molecule has 0 heterocycles. The van der Waals surface area contributed by atoms with Crippen LogP contribution < -0.4 is 10.5 Å². The molecule has 0 aliphatic carbocycles. The quantitative estimate of drug-likeness (QED) is 0.895. The van der Waals surface area contributed by atoms with E-state index in [2.05, 4.69) is 26.0 Å². The maximum atomic E-state index is 6.29. The van der Waals surface area contributed by atoms with Gasteiger partial charge in [-0.15, -0.1) is 0 Å². The van der Waals surface area contributed by atoms with Crippen LogP contribution in [0.25, 0.3) is 0 Å². The number of aryl methyl sites for hydroxylation is 2. The highest BCUT2D eigenvalue weighted by atomic mass is 35.5. The highest BCUT2D eigenvalue weighted by Crippen LogP contribution is 2.34. The van der Waals surface area contributed by atoms with Crippen molar-refractivity contribution in [2.45, 2.75) is 27.2 Å². The predicted molar refractivity (Wildman–Crippen MR) is 84.9 cm³/mol. The molecular weight excluding hydrogens is 270 g/mol. The maximum Gasteiger partial charge on any atom is 0.146 e. The number of rotatable bonds is 4. The van der Waals surface area contributed by atoms with Gasteiger partial charge in [0.15, 0.2) is 0 Å². The van der Waals surface area contributed by atoms with Crippen LogP contribution in [0.15, 0.2) is 30.3 Å². The summed E-state index contributed by atoms with van der Waals surface area (Å²) in [4.78, 5) is 0. The van der Waals surface area contributed by atoms with Crippen LogP contribution in [0.4, 0.5) is 0 Å². The normalized spacial score (nSPS) is 10.7. The summed E-state index contributed by atoms with van der Waals surface area (Å²) in [6.07, 6.45) is 0.822. The maximum absolute atomic E-state index is 6.29. The lowest BCUT2D eigenvalue weighted by Gasteiger charge is -2.15. The molecule has 0 saturated heterocycles. The van der Waals surface area contributed by atoms with Crippen LogP contribution in [0, 0.1) is 20.8 Å². The Morgan fingerprint density at radius 2 is 1.75 bits per heavy atom. The number of halogens is 1. The molecule has 0 unspecified atom stereocenters. The van der Waals surface area contributed by atoms with Crippen molar-refractivity contribution in [1.29, 1.82) is 0 Å². The van der Waals surface area contributed by atoms with Crippen LogP contribution in [0.5, 0.6) is 11.5 Å². The third-order valence-corrected chi connectivity index (χ3v) is 3.81. The van der Waals surface area contributed by atoms with Gasteiger partial charge in [0.2, 0.25) is 0 Å². The summed E-state index contributed by atoms with van der Waals surface area (Å²) in [5.74, 6) is 1.57. The summed E-state index contributed by atoms with van der Waals surface area (Å²) < 4.78 is 6.02.